The van der Waals surface area contributed by atoms with Crippen molar-refractivity contribution in [2.24, 2.45) is 4.99 Å². The maximum Gasteiger partial charge on any atom is 0.194 e. The predicted molar refractivity (Wildman–Crippen MR) is 123 cm³/mol. The first-order chi connectivity index (χ1) is 12.7. The molecule has 6 nitrogen and oxygen atoms in total. The molecule has 2 heterocycles. The molecule has 0 spiro atoms. The van der Waals surface area contributed by atoms with E-state index >= 15 is 0 Å². The summed E-state index contributed by atoms with van der Waals surface area (Å²) in [7, 11) is 0. The first kappa shape index (κ1) is 21.5. The molecule has 1 aromatic heterocycles. The van der Waals surface area contributed by atoms with Crippen LogP contribution >= 0.6 is 24.0 Å². The molecule has 2 aromatic rings. The smallest absolute Gasteiger partial charge is 0.194 e. The van der Waals surface area contributed by atoms with E-state index in [1.807, 2.05) is 16.9 Å². The maximum absolute atomic E-state index is 4.79. The number of halogens is 1. The van der Waals surface area contributed by atoms with Gasteiger partial charge >= 0.3 is 0 Å². The average molecular weight is 482 g/mol. The Hall–Kier alpha value is -1.77. The van der Waals surface area contributed by atoms with Crippen LogP contribution < -0.4 is 10.2 Å². The van der Waals surface area contributed by atoms with Crippen molar-refractivity contribution in [1.82, 2.24) is 20.0 Å². The van der Waals surface area contributed by atoms with Crippen LogP contribution in [0.4, 0.5) is 5.69 Å². The minimum Gasteiger partial charge on any atom is -0.368 e. The zero-order valence-electron chi connectivity index (χ0n) is 16.6. The van der Waals surface area contributed by atoms with Crippen LogP contribution in [0, 0.1) is 13.8 Å². The summed E-state index contributed by atoms with van der Waals surface area (Å²) in [6.07, 6.45) is 3.78. The number of aromatic nitrogens is 2. The lowest BCUT2D eigenvalue weighted by molar-refractivity contribution is 0.372. The molecule has 3 rings (SSSR count). The highest BCUT2D eigenvalue weighted by Gasteiger charge is 2.20. The Kier molecular flexibility index (Phi) is 8.40. The Morgan fingerprint density at radius 3 is 2.59 bits per heavy atom. The van der Waals surface area contributed by atoms with Gasteiger partial charge in [0.2, 0.25) is 0 Å². The van der Waals surface area contributed by atoms with Crippen LogP contribution in [0.5, 0.6) is 0 Å². The van der Waals surface area contributed by atoms with E-state index < -0.39 is 0 Å². The van der Waals surface area contributed by atoms with E-state index in [-0.39, 0.29) is 24.0 Å². The molecule has 0 bridgehead atoms. The Morgan fingerprint density at radius 1 is 1.15 bits per heavy atom. The third kappa shape index (κ3) is 5.60. The van der Waals surface area contributed by atoms with Crippen molar-refractivity contribution in [3.63, 3.8) is 0 Å². The van der Waals surface area contributed by atoms with Crippen molar-refractivity contribution in [3.8, 4) is 0 Å². The minimum atomic E-state index is 0. The number of hydrogen-bond acceptors (Lipinski definition) is 3. The number of aliphatic imine (C=N–C) groups is 1. The van der Waals surface area contributed by atoms with Crippen molar-refractivity contribution >= 4 is 35.6 Å². The predicted octanol–water partition coefficient (Wildman–Crippen LogP) is 2.91. The van der Waals surface area contributed by atoms with Crippen LogP contribution in [-0.4, -0.2) is 59.9 Å². The average Bonchev–Trinajstić information content (AvgIpc) is 3.17. The number of anilines is 1. The second-order valence-corrected chi connectivity index (χ2v) is 6.70. The van der Waals surface area contributed by atoms with Crippen molar-refractivity contribution in [3.05, 3.63) is 47.8 Å². The topological polar surface area (TPSA) is 48.7 Å². The van der Waals surface area contributed by atoms with Gasteiger partial charge in [-0.05, 0) is 44.0 Å². The quantitative estimate of drug-likeness (QED) is 0.405. The van der Waals surface area contributed by atoms with Crippen molar-refractivity contribution in [1.29, 1.82) is 0 Å². The van der Waals surface area contributed by atoms with Gasteiger partial charge in [0.1, 0.15) is 0 Å². The number of nitrogens with zero attached hydrogens (tertiary/aromatic N) is 5. The monoisotopic (exact) mass is 482 g/mol. The highest BCUT2D eigenvalue weighted by Crippen LogP contribution is 2.23. The van der Waals surface area contributed by atoms with E-state index in [2.05, 4.69) is 59.2 Å². The van der Waals surface area contributed by atoms with Gasteiger partial charge in [-0.25, -0.2) is 0 Å². The molecule has 1 aliphatic heterocycles. The highest BCUT2D eigenvalue weighted by atomic mass is 127. The highest BCUT2D eigenvalue weighted by molar-refractivity contribution is 14.0. The number of rotatable bonds is 5. The summed E-state index contributed by atoms with van der Waals surface area (Å²) in [5.41, 5.74) is 4.12. The number of benzene rings is 1. The summed E-state index contributed by atoms with van der Waals surface area (Å²) >= 11 is 0. The van der Waals surface area contributed by atoms with Crippen molar-refractivity contribution in [2.75, 3.05) is 44.2 Å². The zero-order valence-corrected chi connectivity index (χ0v) is 18.9. The fourth-order valence-corrected chi connectivity index (χ4v) is 3.35. The molecule has 1 aromatic carbocycles. The van der Waals surface area contributed by atoms with E-state index in [4.69, 9.17) is 4.99 Å². The summed E-state index contributed by atoms with van der Waals surface area (Å²) < 4.78 is 1.92. The lowest BCUT2D eigenvalue weighted by Gasteiger charge is -2.38. The third-order valence-corrected chi connectivity index (χ3v) is 4.98. The summed E-state index contributed by atoms with van der Waals surface area (Å²) in [6, 6.07) is 8.53. The van der Waals surface area contributed by atoms with Gasteiger partial charge in [0, 0.05) is 50.8 Å². The van der Waals surface area contributed by atoms with Crippen molar-refractivity contribution < 1.29 is 0 Å². The van der Waals surface area contributed by atoms with Gasteiger partial charge in [-0.15, -0.1) is 24.0 Å². The van der Waals surface area contributed by atoms with Crippen LogP contribution in [0.2, 0.25) is 0 Å². The van der Waals surface area contributed by atoms with Gasteiger partial charge in [-0.1, -0.05) is 12.1 Å². The maximum atomic E-state index is 4.79. The molecule has 0 amide bonds. The first-order valence-electron chi connectivity index (χ1n) is 9.51. The third-order valence-electron chi connectivity index (χ3n) is 4.98. The zero-order chi connectivity index (χ0) is 18.4. The van der Waals surface area contributed by atoms with E-state index in [0.29, 0.717) is 0 Å². The summed E-state index contributed by atoms with van der Waals surface area (Å²) in [4.78, 5) is 9.66. The van der Waals surface area contributed by atoms with Crippen LogP contribution in [0.25, 0.3) is 0 Å². The van der Waals surface area contributed by atoms with Gasteiger partial charge in [0.15, 0.2) is 5.96 Å². The van der Waals surface area contributed by atoms with Gasteiger partial charge in [-0.3, -0.25) is 9.67 Å². The molecule has 1 N–H and O–H groups in total. The minimum absolute atomic E-state index is 0. The van der Waals surface area contributed by atoms with Gasteiger partial charge in [-0.2, -0.15) is 5.10 Å². The van der Waals surface area contributed by atoms with Gasteiger partial charge in [0.05, 0.1) is 13.1 Å². The summed E-state index contributed by atoms with van der Waals surface area (Å²) in [5, 5.41) is 7.67. The van der Waals surface area contributed by atoms with E-state index in [0.717, 1.165) is 51.8 Å². The number of piperazine rings is 1. The molecule has 0 aliphatic carbocycles. The molecule has 0 unspecified atom stereocenters. The first-order valence-corrected chi connectivity index (χ1v) is 9.51. The molecule has 0 radical (unpaired) electrons. The number of nitrogens with one attached hydrogen (secondary N) is 1. The summed E-state index contributed by atoms with van der Waals surface area (Å²) in [5.74, 6) is 1.01. The van der Waals surface area contributed by atoms with Crippen molar-refractivity contribution in [2.45, 2.75) is 27.3 Å². The second kappa shape index (κ2) is 10.5. The van der Waals surface area contributed by atoms with Gasteiger partial charge in [0.25, 0.3) is 0 Å². The Bertz CT molecular complexity index is 720. The molecular formula is C20H31IN6. The van der Waals surface area contributed by atoms with Crippen LogP contribution in [-0.2, 0) is 6.54 Å². The van der Waals surface area contributed by atoms with E-state index in [1.54, 1.807) is 6.20 Å². The van der Waals surface area contributed by atoms with Crippen LogP contribution in [0.15, 0.2) is 41.7 Å². The molecular weight excluding hydrogens is 451 g/mol. The number of guanidine groups is 1. The van der Waals surface area contributed by atoms with Crippen LogP contribution in [0.1, 0.15) is 18.1 Å². The second-order valence-electron chi connectivity index (χ2n) is 6.70. The molecule has 1 saturated heterocycles. The normalized spacial score (nSPS) is 14.9. The summed E-state index contributed by atoms with van der Waals surface area (Å²) in [6.45, 7) is 13.0. The molecule has 1 fully saturated rings. The SMILES string of the molecule is CCNC(=NCCn1cccn1)N1CCN(c2cccc(C)c2C)CC1.I. The molecule has 1 aliphatic rings. The standard InChI is InChI=1S/C20H30N6.HI/c1-4-21-20(22-10-12-26-11-6-9-23-26)25-15-13-24(14-16-25)19-8-5-7-17(2)18(19)3;/h5-9,11H,4,10,12-16H2,1-3H3,(H,21,22);1H. The van der Waals surface area contributed by atoms with Gasteiger partial charge < -0.3 is 15.1 Å². The Balaban J connectivity index is 0.00000261. The number of aryl methyl sites for hydroxylation is 1. The Labute approximate surface area is 179 Å². The van der Waals surface area contributed by atoms with E-state index in [1.165, 1.54) is 16.8 Å². The molecule has 7 heteroatoms. The fourth-order valence-electron chi connectivity index (χ4n) is 3.35. The van der Waals surface area contributed by atoms with E-state index in [9.17, 15) is 0 Å². The largest absolute Gasteiger partial charge is 0.368 e. The molecule has 148 valence electrons. The molecule has 0 atom stereocenters. The molecule has 0 saturated carbocycles. The Morgan fingerprint density at radius 2 is 1.93 bits per heavy atom. The number of hydrogen-bond donors (Lipinski definition) is 1. The lowest BCUT2D eigenvalue weighted by atomic mass is 10.1. The lowest BCUT2D eigenvalue weighted by Crippen LogP contribution is -2.52. The van der Waals surface area contributed by atoms with Crippen LogP contribution in [0.3, 0.4) is 0 Å². The molecule has 27 heavy (non-hydrogen) atoms. The fraction of sp³-hybridized carbons (Fsp3) is 0.500.